The quantitative estimate of drug-likeness (QED) is 0.0328. The lowest BCUT2D eigenvalue weighted by Gasteiger charge is -2.31. The summed E-state index contributed by atoms with van der Waals surface area (Å²) in [5.41, 5.74) is 0. The van der Waals surface area contributed by atoms with Crippen molar-refractivity contribution in [1.29, 1.82) is 0 Å². The first kappa shape index (κ1) is 45.3. The van der Waals surface area contributed by atoms with Crippen LogP contribution in [0, 0.1) is 0 Å². The van der Waals surface area contributed by atoms with Gasteiger partial charge in [-0.1, -0.05) is 114 Å². The van der Waals surface area contributed by atoms with E-state index in [0.29, 0.717) is 25.7 Å². The Kier molecular flexibility index (Phi) is 29.8. The molecule has 8 nitrogen and oxygen atoms in total. The van der Waals surface area contributed by atoms with Gasteiger partial charge < -0.3 is 23.8 Å². The molecule has 0 radical (unpaired) electrons. The van der Waals surface area contributed by atoms with Gasteiger partial charge in [0.1, 0.15) is 6.61 Å². The van der Waals surface area contributed by atoms with Crippen molar-refractivity contribution in [2.24, 2.45) is 0 Å². The van der Waals surface area contributed by atoms with Gasteiger partial charge >= 0.3 is 17.9 Å². The molecule has 276 valence electrons. The summed E-state index contributed by atoms with van der Waals surface area (Å²) in [5, 5.41) is 9.50. The number of rotatable bonds is 32. The smallest absolute Gasteiger partial charge is 0.362 e. The summed E-state index contributed by atoms with van der Waals surface area (Å²) in [6.07, 6.45) is 35.9. The van der Waals surface area contributed by atoms with Crippen molar-refractivity contribution in [2.45, 2.75) is 148 Å². The second-order valence-corrected chi connectivity index (χ2v) is 13.5. The zero-order valence-corrected chi connectivity index (χ0v) is 31.2. The van der Waals surface area contributed by atoms with Crippen LogP contribution in [-0.4, -0.2) is 80.6 Å². The summed E-state index contributed by atoms with van der Waals surface area (Å²) in [7, 11) is 5.48. The minimum Gasteiger partial charge on any atom is -0.477 e. The van der Waals surface area contributed by atoms with Crippen LogP contribution in [0.3, 0.4) is 0 Å². The van der Waals surface area contributed by atoms with Gasteiger partial charge in [-0.15, -0.1) is 0 Å². The van der Waals surface area contributed by atoms with Crippen LogP contribution in [-0.2, 0) is 28.6 Å². The summed E-state index contributed by atoms with van der Waals surface area (Å²) >= 11 is 0. The maximum absolute atomic E-state index is 12.5. The number of likely N-dealkylation sites (N-methyl/N-ethyl adjacent to an activating group) is 1. The molecule has 8 heteroatoms. The molecule has 0 aromatic carbocycles. The molecule has 2 unspecified atom stereocenters. The highest BCUT2D eigenvalue weighted by molar-refractivity contribution is 5.72. The fourth-order valence-electron chi connectivity index (χ4n) is 5.12. The average molecular weight is 677 g/mol. The second-order valence-electron chi connectivity index (χ2n) is 13.5. The Hall–Kier alpha value is -2.71. The fourth-order valence-corrected chi connectivity index (χ4v) is 5.12. The van der Waals surface area contributed by atoms with E-state index in [1.807, 2.05) is 28.1 Å². The number of allylic oxidation sites excluding steroid dienone is 8. The minimum atomic E-state index is -0.883. The zero-order valence-electron chi connectivity index (χ0n) is 31.2. The number of hydrogen-bond acceptors (Lipinski definition) is 6. The Balaban J connectivity index is 3.97. The van der Waals surface area contributed by atoms with Gasteiger partial charge in [-0.05, 0) is 51.4 Å². The van der Waals surface area contributed by atoms with Crippen LogP contribution in [0.5, 0.6) is 0 Å². The van der Waals surface area contributed by atoms with Gasteiger partial charge in [0, 0.05) is 19.3 Å². The number of carbonyl (C=O) groups is 3. The molecule has 0 aliphatic carbocycles. The number of nitrogens with zero attached hydrogens (tertiary/aromatic N) is 1. The largest absolute Gasteiger partial charge is 0.477 e. The number of carboxylic acids is 1. The number of carboxylic acid groups (broad SMARTS) is 1. The number of esters is 2. The van der Waals surface area contributed by atoms with Crippen LogP contribution in [0.4, 0.5) is 0 Å². The first-order valence-electron chi connectivity index (χ1n) is 18.7. The summed E-state index contributed by atoms with van der Waals surface area (Å²) in [5.74, 6) is -1.54. The maximum atomic E-state index is 12.5. The molecule has 0 heterocycles. The van der Waals surface area contributed by atoms with E-state index in [4.69, 9.17) is 14.2 Å². The predicted molar refractivity (Wildman–Crippen MR) is 197 cm³/mol. The molecule has 0 bridgehead atoms. The monoisotopic (exact) mass is 677 g/mol. The summed E-state index contributed by atoms with van der Waals surface area (Å²) in [6, 6.07) is -0.611. The summed E-state index contributed by atoms with van der Waals surface area (Å²) in [4.78, 5) is 35.9. The molecule has 0 saturated heterocycles. The van der Waals surface area contributed by atoms with Gasteiger partial charge in [-0.3, -0.25) is 9.59 Å². The van der Waals surface area contributed by atoms with Crippen molar-refractivity contribution < 1.29 is 38.2 Å². The van der Waals surface area contributed by atoms with E-state index < -0.39 is 18.1 Å². The number of hydrogen-bond donors (Lipinski definition) is 1. The van der Waals surface area contributed by atoms with Gasteiger partial charge in [-0.25, -0.2) is 4.79 Å². The Morgan fingerprint density at radius 1 is 0.646 bits per heavy atom. The van der Waals surface area contributed by atoms with E-state index in [9.17, 15) is 19.5 Å². The lowest BCUT2D eigenvalue weighted by molar-refractivity contribution is -0.887. The third kappa shape index (κ3) is 29.4. The SMILES string of the molecule is CC/C=C\C/C=C\C/C=C\C/C=C\CCCCCCCCCCCCC(=O)OC(COCCC(C(=O)O)[N+](C)(C)C)COC(=O)CCC. The molecular formula is C40H70NO7+. The van der Waals surface area contributed by atoms with Crippen LogP contribution in [0.15, 0.2) is 48.6 Å². The molecule has 1 N–H and O–H groups in total. The lowest BCUT2D eigenvalue weighted by Crippen LogP contribution is -2.50. The summed E-state index contributed by atoms with van der Waals surface area (Å²) in [6.45, 7) is 4.25. The third-order valence-corrected chi connectivity index (χ3v) is 7.96. The zero-order chi connectivity index (χ0) is 35.7. The van der Waals surface area contributed by atoms with E-state index in [1.165, 1.54) is 51.4 Å². The number of ether oxygens (including phenoxy) is 3. The van der Waals surface area contributed by atoms with E-state index in [2.05, 4.69) is 55.5 Å². The Morgan fingerprint density at radius 3 is 1.69 bits per heavy atom. The highest BCUT2D eigenvalue weighted by atomic mass is 16.6. The van der Waals surface area contributed by atoms with E-state index in [-0.39, 0.29) is 36.2 Å². The molecular weight excluding hydrogens is 606 g/mol. The summed E-state index contributed by atoms with van der Waals surface area (Å²) < 4.78 is 16.8. The average Bonchev–Trinajstić information content (AvgIpc) is 3.03. The molecule has 0 aromatic heterocycles. The van der Waals surface area contributed by atoms with Crippen molar-refractivity contribution >= 4 is 17.9 Å². The van der Waals surface area contributed by atoms with E-state index in [1.54, 1.807) is 0 Å². The topological polar surface area (TPSA) is 99.1 Å². The Labute approximate surface area is 293 Å². The van der Waals surface area contributed by atoms with E-state index in [0.717, 1.165) is 44.9 Å². The molecule has 48 heavy (non-hydrogen) atoms. The number of quaternary nitrogens is 1. The molecule has 0 spiro atoms. The fraction of sp³-hybridized carbons (Fsp3) is 0.725. The molecule has 0 aliphatic heterocycles. The first-order valence-corrected chi connectivity index (χ1v) is 18.7. The predicted octanol–water partition coefficient (Wildman–Crippen LogP) is 9.29. The van der Waals surface area contributed by atoms with Gasteiger partial charge in [0.2, 0.25) is 0 Å². The normalized spacial score (nSPS) is 13.6. The molecule has 2 atom stereocenters. The van der Waals surface area contributed by atoms with E-state index >= 15 is 0 Å². The van der Waals surface area contributed by atoms with Crippen LogP contribution in [0.25, 0.3) is 0 Å². The highest BCUT2D eigenvalue weighted by Crippen LogP contribution is 2.14. The van der Waals surface area contributed by atoms with Crippen LogP contribution in [0.1, 0.15) is 136 Å². The number of unbranched alkanes of at least 4 members (excludes halogenated alkanes) is 10. The standard InChI is InChI=1S/C40H69NO7/c1-6-8-9-10-11-12-13-14-15-16-17-18-19-20-21-22-23-24-25-26-27-28-29-31-39(43)48-36(35-47-38(42)30-7-2)34-46-33-32-37(40(44)45)41(3,4)5/h8-9,11-12,14-15,17-18,36-37H,6-7,10,13,16,19-35H2,1-5H3/p+1/b9-8-,12-11-,15-14-,18-17-. The number of aliphatic carboxylic acids is 1. The molecule has 0 aliphatic rings. The van der Waals surface area contributed by atoms with Gasteiger partial charge in [0.15, 0.2) is 12.1 Å². The third-order valence-electron chi connectivity index (χ3n) is 7.96. The molecule has 0 fully saturated rings. The Morgan fingerprint density at radius 2 is 1.17 bits per heavy atom. The van der Waals surface area contributed by atoms with Crippen molar-refractivity contribution in [1.82, 2.24) is 0 Å². The van der Waals surface area contributed by atoms with Crippen molar-refractivity contribution in [3.8, 4) is 0 Å². The highest BCUT2D eigenvalue weighted by Gasteiger charge is 2.31. The van der Waals surface area contributed by atoms with Crippen LogP contribution >= 0.6 is 0 Å². The lowest BCUT2D eigenvalue weighted by atomic mass is 10.0. The van der Waals surface area contributed by atoms with Crippen molar-refractivity contribution in [2.75, 3.05) is 41.0 Å². The Bertz CT molecular complexity index is 932. The maximum Gasteiger partial charge on any atom is 0.362 e. The molecule has 0 aromatic rings. The molecule has 0 amide bonds. The van der Waals surface area contributed by atoms with Crippen LogP contribution in [0.2, 0.25) is 0 Å². The number of carbonyl (C=O) groups excluding carboxylic acids is 2. The van der Waals surface area contributed by atoms with Crippen molar-refractivity contribution in [3.05, 3.63) is 48.6 Å². The van der Waals surface area contributed by atoms with Crippen molar-refractivity contribution in [3.63, 3.8) is 0 Å². The second kappa shape index (κ2) is 31.6. The van der Waals surface area contributed by atoms with Gasteiger partial charge in [0.05, 0.1) is 34.4 Å². The minimum absolute atomic E-state index is 0.0546. The molecule has 0 saturated carbocycles. The van der Waals surface area contributed by atoms with Gasteiger partial charge in [-0.2, -0.15) is 0 Å². The van der Waals surface area contributed by atoms with Gasteiger partial charge in [0.25, 0.3) is 0 Å². The molecule has 0 rings (SSSR count). The van der Waals surface area contributed by atoms with Crippen LogP contribution < -0.4 is 0 Å². The first-order chi connectivity index (χ1) is 23.1.